The smallest absolute Gasteiger partial charge is 0.132 e. The van der Waals surface area contributed by atoms with Crippen molar-refractivity contribution in [3.05, 3.63) is 89.6 Å². The quantitative estimate of drug-likeness (QED) is 0.785. The van der Waals surface area contributed by atoms with Crippen LogP contribution in [0.3, 0.4) is 0 Å². The van der Waals surface area contributed by atoms with Crippen LogP contribution in [0.4, 0.5) is 11.5 Å². The Balaban J connectivity index is 1.89. The van der Waals surface area contributed by atoms with Gasteiger partial charge in [-0.05, 0) is 36.2 Å². The van der Waals surface area contributed by atoms with E-state index >= 15 is 0 Å². The summed E-state index contributed by atoms with van der Waals surface area (Å²) in [5, 5.41) is 0. The van der Waals surface area contributed by atoms with Crippen LogP contribution < -0.4 is 10.6 Å². The van der Waals surface area contributed by atoms with Crippen LogP contribution >= 0.6 is 0 Å². The van der Waals surface area contributed by atoms with Crippen LogP contribution in [0.2, 0.25) is 0 Å². The molecule has 0 aliphatic rings. The second kappa shape index (κ2) is 6.63. The number of nitrogens with zero attached hydrogens (tertiary/aromatic N) is 2. The molecule has 1 aromatic heterocycles. The standard InChI is InChI=1S/C20H21N3/c1-15-18(20(21)16-9-5-3-6-10-16)13-14-19(22-15)23(2)17-11-7-4-8-12-17/h3-14,20H,21H2,1-2H3. The van der Waals surface area contributed by atoms with Crippen molar-refractivity contribution in [2.45, 2.75) is 13.0 Å². The van der Waals surface area contributed by atoms with Crippen molar-refractivity contribution in [1.29, 1.82) is 0 Å². The van der Waals surface area contributed by atoms with E-state index < -0.39 is 0 Å². The van der Waals surface area contributed by atoms with Crippen molar-refractivity contribution >= 4 is 11.5 Å². The van der Waals surface area contributed by atoms with Crippen LogP contribution in [0.1, 0.15) is 22.9 Å². The zero-order chi connectivity index (χ0) is 16.2. The van der Waals surface area contributed by atoms with Gasteiger partial charge in [0.1, 0.15) is 5.82 Å². The molecule has 0 fully saturated rings. The molecule has 1 heterocycles. The SMILES string of the molecule is Cc1nc(N(C)c2ccccc2)ccc1C(N)c1ccccc1. The normalized spacial score (nSPS) is 12.0. The Morgan fingerprint density at radius 1 is 0.870 bits per heavy atom. The van der Waals surface area contributed by atoms with Gasteiger partial charge in [-0.3, -0.25) is 0 Å². The predicted octanol–water partition coefficient (Wildman–Crippen LogP) is 4.21. The first-order valence-electron chi connectivity index (χ1n) is 7.73. The molecule has 0 spiro atoms. The Morgan fingerprint density at radius 2 is 1.48 bits per heavy atom. The molecule has 0 aliphatic heterocycles. The number of aromatic nitrogens is 1. The molecule has 2 aromatic carbocycles. The second-order valence-corrected chi connectivity index (χ2v) is 5.63. The van der Waals surface area contributed by atoms with E-state index in [2.05, 4.69) is 23.1 Å². The average molecular weight is 303 g/mol. The molecule has 3 aromatic rings. The van der Waals surface area contributed by atoms with E-state index in [0.717, 1.165) is 28.3 Å². The molecular weight excluding hydrogens is 282 g/mol. The third kappa shape index (κ3) is 3.25. The summed E-state index contributed by atoms with van der Waals surface area (Å²) < 4.78 is 0. The molecule has 2 N–H and O–H groups in total. The maximum absolute atomic E-state index is 6.40. The fourth-order valence-electron chi connectivity index (χ4n) is 2.70. The van der Waals surface area contributed by atoms with E-state index in [-0.39, 0.29) is 6.04 Å². The van der Waals surface area contributed by atoms with Crippen LogP contribution in [0, 0.1) is 6.92 Å². The number of hydrogen-bond donors (Lipinski definition) is 1. The van der Waals surface area contributed by atoms with Crippen molar-refractivity contribution < 1.29 is 0 Å². The summed E-state index contributed by atoms with van der Waals surface area (Å²) in [5.74, 6) is 0.915. The molecule has 0 amide bonds. The number of anilines is 2. The van der Waals surface area contributed by atoms with E-state index in [1.54, 1.807) is 0 Å². The molecule has 0 bridgehead atoms. The van der Waals surface area contributed by atoms with Crippen LogP contribution in [0.15, 0.2) is 72.8 Å². The van der Waals surface area contributed by atoms with Gasteiger partial charge in [-0.2, -0.15) is 0 Å². The van der Waals surface area contributed by atoms with Crippen molar-refractivity contribution in [1.82, 2.24) is 4.98 Å². The van der Waals surface area contributed by atoms with E-state index in [4.69, 9.17) is 10.7 Å². The zero-order valence-electron chi connectivity index (χ0n) is 13.5. The molecule has 1 atom stereocenters. The van der Waals surface area contributed by atoms with Gasteiger partial charge >= 0.3 is 0 Å². The Bertz CT molecular complexity index is 769. The summed E-state index contributed by atoms with van der Waals surface area (Å²) in [6.45, 7) is 2.01. The van der Waals surface area contributed by atoms with Crippen LogP contribution in [0.5, 0.6) is 0 Å². The monoisotopic (exact) mass is 303 g/mol. The summed E-state index contributed by atoms with van der Waals surface area (Å²) in [5.41, 5.74) is 10.6. The van der Waals surface area contributed by atoms with Crippen molar-refractivity contribution in [3.63, 3.8) is 0 Å². The summed E-state index contributed by atoms with van der Waals surface area (Å²) in [4.78, 5) is 6.82. The Labute approximate surface area is 137 Å². The predicted molar refractivity (Wildman–Crippen MR) is 96.0 cm³/mol. The minimum absolute atomic E-state index is 0.153. The lowest BCUT2D eigenvalue weighted by molar-refractivity contribution is 0.846. The molecule has 0 saturated heterocycles. The van der Waals surface area contributed by atoms with Gasteiger partial charge in [0, 0.05) is 18.4 Å². The summed E-state index contributed by atoms with van der Waals surface area (Å²) >= 11 is 0. The van der Waals surface area contributed by atoms with Gasteiger partial charge in [0.2, 0.25) is 0 Å². The zero-order valence-corrected chi connectivity index (χ0v) is 13.5. The topological polar surface area (TPSA) is 42.2 Å². The molecule has 0 saturated carbocycles. The molecule has 3 rings (SSSR count). The maximum atomic E-state index is 6.40. The van der Waals surface area contributed by atoms with Crippen molar-refractivity contribution in [2.75, 3.05) is 11.9 Å². The summed E-state index contributed by atoms with van der Waals surface area (Å²) in [6, 6.07) is 24.3. The highest BCUT2D eigenvalue weighted by Gasteiger charge is 2.14. The van der Waals surface area contributed by atoms with Gasteiger partial charge in [-0.1, -0.05) is 54.6 Å². The van der Waals surface area contributed by atoms with E-state index in [1.165, 1.54) is 0 Å². The Hall–Kier alpha value is -2.65. The van der Waals surface area contributed by atoms with Crippen molar-refractivity contribution in [2.24, 2.45) is 5.73 Å². The van der Waals surface area contributed by atoms with Gasteiger partial charge in [0.05, 0.1) is 6.04 Å². The third-order valence-electron chi connectivity index (χ3n) is 4.09. The maximum Gasteiger partial charge on any atom is 0.132 e. The number of para-hydroxylation sites is 1. The molecule has 1 unspecified atom stereocenters. The molecule has 3 nitrogen and oxygen atoms in total. The lowest BCUT2D eigenvalue weighted by Gasteiger charge is -2.21. The van der Waals surface area contributed by atoms with Gasteiger partial charge in [-0.25, -0.2) is 4.98 Å². The largest absolute Gasteiger partial charge is 0.329 e. The Kier molecular flexibility index (Phi) is 4.40. The number of benzene rings is 2. The van der Waals surface area contributed by atoms with E-state index in [0.29, 0.717) is 0 Å². The number of rotatable bonds is 4. The average Bonchev–Trinajstić information content (AvgIpc) is 2.62. The minimum atomic E-state index is -0.153. The highest BCUT2D eigenvalue weighted by molar-refractivity contribution is 5.59. The highest BCUT2D eigenvalue weighted by atomic mass is 15.2. The van der Waals surface area contributed by atoms with E-state index in [1.807, 2.05) is 68.6 Å². The third-order valence-corrected chi connectivity index (χ3v) is 4.09. The first kappa shape index (κ1) is 15.3. The number of nitrogens with two attached hydrogens (primary N) is 1. The molecule has 116 valence electrons. The van der Waals surface area contributed by atoms with Gasteiger partial charge in [0.25, 0.3) is 0 Å². The fourth-order valence-corrected chi connectivity index (χ4v) is 2.70. The second-order valence-electron chi connectivity index (χ2n) is 5.63. The highest BCUT2D eigenvalue weighted by Crippen LogP contribution is 2.26. The van der Waals surface area contributed by atoms with Crippen LogP contribution in [0.25, 0.3) is 0 Å². The van der Waals surface area contributed by atoms with Gasteiger partial charge < -0.3 is 10.6 Å². The summed E-state index contributed by atoms with van der Waals surface area (Å²) in [7, 11) is 2.02. The minimum Gasteiger partial charge on any atom is -0.329 e. The molecule has 3 heteroatoms. The molecular formula is C20H21N3. The van der Waals surface area contributed by atoms with Gasteiger partial charge in [0.15, 0.2) is 0 Å². The first-order chi connectivity index (χ1) is 11.2. The lowest BCUT2D eigenvalue weighted by Crippen LogP contribution is -2.16. The molecule has 0 aliphatic carbocycles. The first-order valence-corrected chi connectivity index (χ1v) is 7.73. The lowest BCUT2D eigenvalue weighted by atomic mass is 9.98. The molecule has 23 heavy (non-hydrogen) atoms. The summed E-state index contributed by atoms with van der Waals surface area (Å²) in [6.07, 6.45) is 0. The van der Waals surface area contributed by atoms with Gasteiger partial charge in [-0.15, -0.1) is 0 Å². The van der Waals surface area contributed by atoms with Crippen LogP contribution in [-0.4, -0.2) is 12.0 Å². The van der Waals surface area contributed by atoms with Crippen LogP contribution in [-0.2, 0) is 0 Å². The number of pyridine rings is 1. The number of aryl methyl sites for hydroxylation is 1. The fraction of sp³-hybridized carbons (Fsp3) is 0.150. The number of hydrogen-bond acceptors (Lipinski definition) is 3. The Morgan fingerprint density at radius 3 is 2.09 bits per heavy atom. The van der Waals surface area contributed by atoms with Crippen molar-refractivity contribution in [3.8, 4) is 0 Å². The van der Waals surface area contributed by atoms with E-state index in [9.17, 15) is 0 Å². The molecule has 0 radical (unpaired) electrons.